The average Bonchev–Trinajstić information content (AvgIpc) is 3.41. The first-order chi connectivity index (χ1) is 15.8. The first kappa shape index (κ1) is 20.3. The Bertz CT molecular complexity index is 1240. The van der Waals surface area contributed by atoms with Crippen molar-refractivity contribution >= 4 is 11.7 Å². The molecule has 33 heavy (non-hydrogen) atoms. The maximum Gasteiger partial charge on any atom is 0.258 e. The molecule has 0 bridgehead atoms. The van der Waals surface area contributed by atoms with E-state index in [1.807, 2.05) is 11.6 Å². The number of hydrogen-bond acceptors (Lipinski definition) is 5. The highest BCUT2D eigenvalue weighted by Crippen LogP contribution is 2.59. The number of nitrogens with zero attached hydrogens (tertiary/aromatic N) is 6. The van der Waals surface area contributed by atoms with Crippen LogP contribution in [0.2, 0.25) is 0 Å². The van der Waals surface area contributed by atoms with Gasteiger partial charge in [0.05, 0.1) is 48.2 Å². The summed E-state index contributed by atoms with van der Waals surface area (Å²) in [5, 5.41) is 7.17. The van der Waals surface area contributed by atoms with Gasteiger partial charge in [-0.3, -0.25) is 9.48 Å². The maximum absolute atomic E-state index is 14.6. The first-order valence-corrected chi connectivity index (χ1v) is 10.9. The van der Waals surface area contributed by atoms with Crippen LogP contribution in [0.1, 0.15) is 39.8 Å². The number of piperidine rings is 1. The molecule has 8 nitrogen and oxygen atoms in total. The number of rotatable bonds is 5. The minimum atomic E-state index is -2.59. The summed E-state index contributed by atoms with van der Waals surface area (Å²) in [4.78, 5) is 22.7. The largest absolute Gasteiger partial charge is 0.355 e. The summed E-state index contributed by atoms with van der Waals surface area (Å²) < 4.78 is 44.8. The molecule has 1 saturated carbocycles. The quantitative estimate of drug-likeness (QED) is 0.595. The first-order valence-electron chi connectivity index (χ1n) is 10.9. The van der Waals surface area contributed by atoms with E-state index in [1.165, 1.54) is 10.9 Å². The summed E-state index contributed by atoms with van der Waals surface area (Å²) in [6.45, 7) is 0.494. The molecule has 1 N–H and O–H groups in total. The minimum Gasteiger partial charge on any atom is -0.355 e. The number of nitrogens with one attached hydrogen (secondary N) is 1. The zero-order valence-corrected chi connectivity index (χ0v) is 17.9. The lowest BCUT2D eigenvalue weighted by atomic mass is 10.2. The fourth-order valence-electron chi connectivity index (χ4n) is 5.05. The lowest BCUT2D eigenvalue weighted by Crippen LogP contribution is -2.28. The highest BCUT2D eigenvalue weighted by atomic mass is 19.3. The standard InChI is InChI=1S/C22H22F3N7O/c1-30-11-26-19-16(3-4-17(19)30)28-21(33)13-6-27-32(8-13)7-12-2-5-18(29-20(12)23)31-9-14-15(10-31)22(14,24)25/h2,5-6,8,11,14-16H,3-4,7,9-10H2,1H3,(H,28,33)/t14?,15?,16-/m1/s1. The molecular weight excluding hydrogens is 435 g/mol. The van der Waals surface area contributed by atoms with E-state index in [0.29, 0.717) is 16.9 Å². The number of fused-ring (bicyclic) bond motifs is 2. The number of alkyl halides is 2. The van der Waals surface area contributed by atoms with Crippen LogP contribution >= 0.6 is 0 Å². The minimum absolute atomic E-state index is 0.101. The van der Waals surface area contributed by atoms with Crippen molar-refractivity contribution in [3.8, 4) is 0 Å². The summed E-state index contributed by atoms with van der Waals surface area (Å²) >= 11 is 0. The van der Waals surface area contributed by atoms with Crippen LogP contribution in [0.4, 0.5) is 19.0 Å². The van der Waals surface area contributed by atoms with Crippen molar-refractivity contribution in [3.05, 3.63) is 59.3 Å². The number of amides is 1. The van der Waals surface area contributed by atoms with Gasteiger partial charge in [-0.1, -0.05) is 0 Å². The Morgan fingerprint density at radius 2 is 2.06 bits per heavy atom. The molecule has 1 amide bonds. The molecule has 4 heterocycles. The summed E-state index contributed by atoms with van der Waals surface area (Å²) in [5.41, 5.74) is 2.70. The smallest absolute Gasteiger partial charge is 0.258 e. The molecule has 1 aliphatic heterocycles. The number of halogens is 3. The van der Waals surface area contributed by atoms with Crippen LogP contribution in [0.15, 0.2) is 30.9 Å². The Balaban J connectivity index is 1.10. The number of carbonyl (C=O) groups excluding carboxylic acids is 1. The van der Waals surface area contributed by atoms with Gasteiger partial charge in [-0.2, -0.15) is 9.49 Å². The van der Waals surface area contributed by atoms with Gasteiger partial charge in [0.2, 0.25) is 5.95 Å². The monoisotopic (exact) mass is 457 g/mol. The van der Waals surface area contributed by atoms with Crippen molar-refractivity contribution in [2.24, 2.45) is 18.9 Å². The Hall–Kier alpha value is -3.37. The molecule has 3 atom stereocenters. The van der Waals surface area contributed by atoms with E-state index in [9.17, 15) is 18.0 Å². The van der Waals surface area contributed by atoms with Crippen molar-refractivity contribution in [2.45, 2.75) is 31.4 Å². The SMILES string of the molecule is Cn1cnc2c1CC[C@H]2NC(=O)c1cnn(Cc2ccc(N3CC4C(C3)C4(F)F)nc2F)c1. The van der Waals surface area contributed by atoms with Gasteiger partial charge < -0.3 is 14.8 Å². The number of pyridine rings is 1. The van der Waals surface area contributed by atoms with Gasteiger partial charge in [0.25, 0.3) is 11.8 Å². The molecule has 0 aromatic carbocycles. The topological polar surface area (TPSA) is 80.9 Å². The molecule has 2 fully saturated rings. The zero-order chi connectivity index (χ0) is 22.9. The van der Waals surface area contributed by atoms with Gasteiger partial charge in [0.15, 0.2) is 0 Å². The molecule has 2 unspecified atom stereocenters. The third-order valence-electron chi connectivity index (χ3n) is 7.06. The third-order valence-corrected chi connectivity index (χ3v) is 7.06. The second-order valence-corrected chi connectivity index (χ2v) is 9.09. The van der Waals surface area contributed by atoms with Crippen molar-refractivity contribution in [1.82, 2.24) is 29.6 Å². The van der Waals surface area contributed by atoms with Gasteiger partial charge >= 0.3 is 0 Å². The van der Waals surface area contributed by atoms with E-state index < -0.39 is 23.7 Å². The van der Waals surface area contributed by atoms with Gasteiger partial charge in [0, 0.05) is 37.6 Å². The Morgan fingerprint density at radius 1 is 1.27 bits per heavy atom. The fourth-order valence-corrected chi connectivity index (χ4v) is 5.05. The molecule has 11 heteroatoms. The second-order valence-electron chi connectivity index (χ2n) is 9.09. The number of aryl methyl sites for hydroxylation is 1. The Kier molecular flexibility index (Phi) is 4.33. The van der Waals surface area contributed by atoms with Crippen LogP contribution in [0.5, 0.6) is 0 Å². The summed E-state index contributed by atoms with van der Waals surface area (Å²) in [6, 6.07) is 3.09. The van der Waals surface area contributed by atoms with Crippen LogP contribution in [0, 0.1) is 17.8 Å². The molecule has 1 saturated heterocycles. The molecule has 3 aliphatic rings. The van der Waals surface area contributed by atoms with Gasteiger partial charge in [-0.15, -0.1) is 0 Å². The van der Waals surface area contributed by atoms with Gasteiger partial charge in [-0.25, -0.2) is 18.7 Å². The lowest BCUT2D eigenvalue weighted by Gasteiger charge is -2.21. The molecule has 0 spiro atoms. The molecule has 3 aromatic heterocycles. The number of anilines is 1. The summed E-state index contributed by atoms with van der Waals surface area (Å²) in [6.07, 6.45) is 6.41. The molecule has 172 valence electrons. The van der Waals surface area contributed by atoms with Crippen LogP contribution in [0.3, 0.4) is 0 Å². The van der Waals surface area contributed by atoms with Crippen molar-refractivity contribution in [3.63, 3.8) is 0 Å². The van der Waals surface area contributed by atoms with Gasteiger partial charge in [0.1, 0.15) is 5.82 Å². The summed E-state index contributed by atoms with van der Waals surface area (Å²) in [7, 11) is 1.94. The molecule has 6 rings (SSSR count). The number of aromatic nitrogens is 5. The van der Waals surface area contributed by atoms with E-state index in [4.69, 9.17) is 0 Å². The number of hydrogen-bond donors (Lipinski definition) is 1. The predicted molar refractivity (Wildman–Crippen MR) is 111 cm³/mol. The fraction of sp³-hybridized carbons (Fsp3) is 0.455. The van der Waals surface area contributed by atoms with E-state index in [1.54, 1.807) is 29.6 Å². The normalized spacial score (nSPS) is 24.6. The van der Waals surface area contributed by atoms with E-state index >= 15 is 0 Å². The van der Waals surface area contributed by atoms with Crippen LogP contribution in [0.25, 0.3) is 0 Å². The predicted octanol–water partition coefficient (Wildman–Crippen LogP) is 2.32. The zero-order valence-electron chi connectivity index (χ0n) is 17.9. The third kappa shape index (κ3) is 3.28. The molecule has 3 aromatic rings. The van der Waals surface area contributed by atoms with Gasteiger partial charge in [-0.05, 0) is 25.0 Å². The van der Waals surface area contributed by atoms with E-state index in [-0.39, 0.29) is 31.6 Å². The second kappa shape index (κ2) is 7.06. The van der Waals surface area contributed by atoms with E-state index in [2.05, 4.69) is 20.4 Å². The highest BCUT2D eigenvalue weighted by molar-refractivity contribution is 5.94. The van der Waals surface area contributed by atoms with Crippen LogP contribution in [-0.2, 0) is 20.0 Å². The molecular formula is C22H22F3N7O. The van der Waals surface area contributed by atoms with Crippen molar-refractivity contribution in [2.75, 3.05) is 18.0 Å². The van der Waals surface area contributed by atoms with Crippen molar-refractivity contribution in [1.29, 1.82) is 0 Å². The molecule has 0 radical (unpaired) electrons. The average molecular weight is 457 g/mol. The Labute approximate surface area is 187 Å². The summed E-state index contributed by atoms with van der Waals surface area (Å²) in [5.74, 6) is -4.45. The van der Waals surface area contributed by atoms with Crippen LogP contribution < -0.4 is 10.2 Å². The Morgan fingerprint density at radius 3 is 2.82 bits per heavy atom. The van der Waals surface area contributed by atoms with E-state index in [0.717, 1.165) is 24.2 Å². The number of imidazole rings is 1. The lowest BCUT2D eigenvalue weighted by molar-refractivity contribution is 0.0796. The molecule has 2 aliphatic carbocycles. The highest BCUT2D eigenvalue weighted by Gasteiger charge is 2.71. The number of carbonyl (C=O) groups is 1. The van der Waals surface area contributed by atoms with Crippen molar-refractivity contribution < 1.29 is 18.0 Å². The maximum atomic E-state index is 14.6. The van der Waals surface area contributed by atoms with Crippen LogP contribution in [-0.4, -0.2) is 49.2 Å².